The van der Waals surface area contributed by atoms with Gasteiger partial charge in [0.2, 0.25) is 0 Å². The normalized spacial score (nSPS) is 12.6. The Hall–Kier alpha value is -0.290. The van der Waals surface area contributed by atoms with Gasteiger partial charge < -0.3 is 10.4 Å². The maximum atomic E-state index is 11.5. The number of aliphatic hydroxyl groups is 1. The molecule has 1 aromatic rings. The Morgan fingerprint density at radius 3 is 2.79 bits per heavy atom. The van der Waals surface area contributed by atoms with Crippen molar-refractivity contribution in [2.45, 2.75) is 13.0 Å². The number of halogens is 2. The van der Waals surface area contributed by atoms with Gasteiger partial charge in [0.1, 0.15) is 4.34 Å². The van der Waals surface area contributed by atoms with Crippen molar-refractivity contribution >= 4 is 40.4 Å². The van der Waals surface area contributed by atoms with Gasteiger partial charge in [-0.1, -0.05) is 23.2 Å². The molecule has 0 aliphatic heterocycles. The van der Waals surface area contributed by atoms with Crippen LogP contribution in [0.2, 0.25) is 8.67 Å². The molecule has 2 N–H and O–H groups in total. The number of carbonyl (C=O) groups excluding carboxylic acids is 1. The molecule has 6 heteroatoms. The highest BCUT2D eigenvalue weighted by Gasteiger charge is 2.15. The van der Waals surface area contributed by atoms with Gasteiger partial charge in [-0.25, -0.2) is 0 Å². The third-order valence-corrected chi connectivity index (χ3v) is 3.04. The highest BCUT2D eigenvalue weighted by atomic mass is 35.5. The molecule has 78 valence electrons. The minimum atomic E-state index is -0.320. The van der Waals surface area contributed by atoms with Crippen LogP contribution in [0.25, 0.3) is 0 Å². The van der Waals surface area contributed by atoms with Crippen LogP contribution in [0.5, 0.6) is 0 Å². The molecule has 0 bridgehead atoms. The van der Waals surface area contributed by atoms with Gasteiger partial charge in [-0.2, -0.15) is 0 Å². The van der Waals surface area contributed by atoms with E-state index in [1.165, 1.54) is 6.07 Å². The fraction of sp³-hybridized carbons (Fsp3) is 0.375. The van der Waals surface area contributed by atoms with E-state index in [1.54, 1.807) is 6.92 Å². The quantitative estimate of drug-likeness (QED) is 0.868. The fourth-order valence-electron chi connectivity index (χ4n) is 0.842. The number of carbonyl (C=O) groups is 1. The molecule has 1 heterocycles. The van der Waals surface area contributed by atoms with Crippen LogP contribution in [0, 0.1) is 0 Å². The Morgan fingerprint density at radius 1 is 1.71 bits per heavy atom. The molecule has 1 rings (SSSR count). The van der Waals surface area contributed by atoms with Crippen LogP contribution in [-0.4, -0.2) is 23.7 Å². The van der Waals surface area contributed by atoms with Crippen LogP contribution in [0.15, 0.2) is 6.07 Å². The van der Waals surface area contributed by atoms with Crippen molar-refractivity contribution in [3.8, 4) is 0 Å². The zero-order valence-electron chi connectivity index (χ0n) is 7.38. The summed E-state index contributed by atoms with van der Waals surface area (Å²) in [5.41, 5.74) is 0.349. The monoisotopic (exact) mass is 253 g/mol. The molecule has 0 aromatic carbocycles. The Labute approximate surface area is 95.6 Å². The van der Waals surface area contributed by atoms with Crippen molar-refractivity contribution in [2.75, 3.05) is 6.61 Å². The third-order valence-electron chi connectivity index (χ3n) is 1.55. The summed E-state index contributed by atoms with van der Waals surface area (Å²) in [4.78, 5) is 11.5. The van der Waals surface area contributed by atoms with Crippen molar-refractivity contribution in [1.29, 1.82) is 0 Å². The highest BCUT2D eigenvalue weighted by molar-refractivity contribution is 7.20. The summed E-state index contributed by atoms with van der Waals surface area (Å²) < 4.78 is 0.828. The first kappa shape index (κ1) is 11.8. The van der Waals surface area contributed by atoms with E-state index in [0.717, 1.165) is 11.3 Å². The zero-order chi connectivity index (χ0) is 10.7. The van der Waals surface area contributed by atoms with Gasteiger partial charge >= 0.3 is 0 Å². The Balaban J connectivity index is 2.74. The molecule has 0 aliphatic rings. The largest absolute Gasteiger partial charge is 0.394 e. The average Bonchev–Trinajstić information content (AvgIpc) is 2.45. The molecule has 14 heavy (non-hydrogen) atoms. The second-order valence-corrected chi connectivity index (χ2v) is 5.08. The number of hydrogen-bond acceptors (Lipinski definition) is 3. The van der Waals surface area contributed by atoms with Crippen molar-refractivity contribution in [3.05, 3.63) is 20.3 Å². The van der Waals surface area contributed by atoms with Crippen LogP contribution in [0.1, 0.15) is 17.3 Å². The number of aliphatic hydroxyl groups excluding tert-OH is 1. The summed E-state index contributed by atoms with van der Waals surface area (Å²) in [5, 5.41) is 11.3. The van der Waals surface area contributed by atoms with Gasteiger partial charge in [0.05, 0.1) is 16.5 Å². The maximum absolute atomic E-state index is 11.5. The van der Waals surface area contributed by atoms with E-state index >= 15 is 0 Å². The molecule has 0 saturated heterocycles. The van der Waals surface area contributed by atoms with Gasteiger partial charge in [-0.15, -0.1) is 11.3 Å². The summed E-state index contributed by atoms with van der Waals surface area (Å²) in [6.45, 7) is 1.58. The summed E-state index contributed by atoms with van der Waals surface area (Å²) in [6, 6.07) is 1.21. The standard InChI is InChI=1S/C8H9Cl2NO2S/c1-4(3-12)11-8(13)5-2-6(9)14-7(5)10/h2,4,12H,3H2,1H3,(H,11,13)/t4-/m1/s1. The van der Waals surface area contributed by atoms with E-state index in [2.05, 4.69) is 5.32 Å². The van der Waals surface area contributed by atoms with Crippen molar-refractivity contribution in [3.63, 3.8) is 0 Å². The molecule has 1 atom stereocenters. The Bertz CT molecular complexity index is 340. The lowest BCUT2D eigenvalue weighted by atomic mass is 10.3. The predicted octanol–water partition coefficient (Wildman–Crippen LogP) is 2.17. The van der Waals surface area contributed by atoms with E-state index in [-0.39, 0.29) is 18.6 Å². The van der Waals surface area contributed by atoms with Gasteiger partial charge in [-0.05, 0) is 13.0 Å². The molecule has 0 spiro atoms. The molecule has 1 amide bonds. The van der Waals surface area contributed by atoms with Crippen LogP contribution in [0.4, 0.5) is 0 Å². The maximum Gasteiger partial charge on any atom is 0.254 e. The molecule has 0 unspecified atom stereocenters. The third kappa shape index (κ3) is 2.85. The minimum Gasteiger partial charge on any atom is -0.394 e. The van der Waals surface area contributed by atoms with E-state index in [0.29, 0.717) is 14.2 Å². The first-order chi connectivity index (χ1) is 6.54. The molecular weight excluding hydrogens is 245 g/mol. The van der Waals surface area contributed by atoms with E-state index in [9.17, 15) is 4.79 Å². The van der Waals surface area contributed by atoms with Crippen LogP contribution in [0.3, 0.4) is 0 Å². The molecule has 0 aliphatic carbocycles. The Kier molecular flexibility index (Phi) is 4.19. The van der Waals surface area contributed by atoms with E-state index in [4.69, 9.17) is 28.3 Å². The lowest BCUT2D eigenvalue weighted by Gasteiger charge is -2.09. The summed E-state index contributed by atoms with van der Waals surface area (Å²) in [6.07, 6.45) is 0. The summed E-state index contributed by atoms with van der Waals surface area (Å²) >= 11 is 12.6. The number of hydrogen-bond donors (Lipinski definition) is 2. The van der Waals surface area contributed by atoms with Crippen molar-refractivity contribution < 1.29 is 9.90 Å². The van der Waals surface area contributed by atoms with Crippen LogP contribution < -0.4 is 5.32 Å². The number of amides is 1. The van der Waals surface area contributed by atoms with Crippen LogP contribution >= 0.6 is 34.5 Å². The molecule has 3 nitrogen and oxygen atoms in total. The summed E-state index contributed by atoms with van der Waals surface area (Å²) in [5.74, 6) is -0.320. The Morgan fingerprint density at radius 2 is 2.36 bits per heavy atom. The number of thiophene rings is 1. The topological polar surface area (TPSA) is 49.3 Å². The van der Waals surface area contributed by atoms with Crippen molar-refractivity contribution in [2.24, 2.45) is 0 Å². The average molecular weight is 254 g/mol. The van der Waals surface area contributed by atoms with Crippen LogP contribution in [-0.2, 0) is 0 Å². The minimum absolute atomic E-state index is 0.110. The second-order valence-electron chi connectivity index (χ2n) is 2.79. The fourth-order valence-corrected chi connectivity index (χ4v) is 2.30. The number of nitrogens with one attached hydrogen (secondary N) is 1. The first-order valence-electron chi connectivity index (χ1n) is 3.91. The lowest BCUT2D eigenvalue weighted by molar-refractivity contribution is 0.0923. The zero-order valence-corrected chi connectivity index (χ0v) is 9.71. The van der Waals surface area contributed by atoms with Gasteiger partial charge in [0.25, 0.3) is 5.91 Å². The van der Waals surface area contributed by atoms with Crippen molar-refractivity contribution in [1.82, 2.24) is 5.32 Å². The molecule has 1 aromatic heterocycles. The highest BCUT2D eigenvalue weighted by Crippen LogP contribution is 2.30. The molecule has 0 radical (unpaired) electrons. The summed E-state index contributed by atoms with van der Waals surface area (Å²) in [7, 11) is 0. The lowest BCUT2D eigenvalue weighted by Crippen LogP contribution is -2.34. The molecular formula is C8H9Cl2NO2S. The van der Waals surface area contributed by atoms with Gasteiger partial charge in [-0.3, -0.25) is 4.79 Å². The molecule has 0 fully saturated rings. The predicted molar refractivity (Wildman–Crippen MR) is 58.4 cm³/mol. The van der Waals surface area contributed by atoms with E-state index < -0.39 is 0 Å². The number of rotatable bonds is 3. The van der Waals surface area contributed by atoms with E-state index in [1.807, 2.05) is 0 Å². The van der Waals surface area contributed by atoms with Gasteiger partial charge in [0, 0.05) is 6.04 Å². The first-order valence-corrected chi connectivity index (χ1v) is 5.48. The SMILES string of the molecule is C[C@H](CO)NC(=O)c1cc(Cl)sc1Cl. The molecule has 0 saturated carbocycles. The van der Waals surface area contributed by atoms with Gasteiger partial charge in [0.15, 0.2) is 0 Å². The smallest absolute Gasteiger partial charge is 0.254 e. The second kappa shape index (κ2) is 4.98.